The van der Waals surface area contributed by atoms with E-state index < -0.39 is 0 Å². The summed E-state index contributed by atoms with van der Waals surface area (Å²) in [6, 6.07) is 8.90. The first-order valence-corrected chi connectivity index (χ1v) is 8.69. The number of hydrogen-bond donors (Lipinski definition) is 2. The summed E-state index contributed by atoms with van der Waals surface area (Å²) in [5, 5.41) is 7.61. The maximum absolute atomic E-state index is 12.2. The van der Waals surface area contributed by atoms with E-state index in [2.05, 4.69) is 15.0 Å². The van der Waals surface area contributed by atoms with E-state index in [9.17, 15) is 9.59 Å². The summed E-state index contributed by atoms with van der Waals surface area (Å²) in [4.78, 5) is 24.1. The van der Waals surface area contributed by atoms with Gasteiger partial charge in [0.05, 0.1) is 0 Å². The zero-order valence-electron chi connectivity index (χ0n) is 12.7. The Kier molecular flexibility index (Phi) is 5.02. The fourth-order valence-electron chi connectivity index (χ4n) is 2.75. The van der Waals surface area contributed by atoms with Gasteiger partial charge in [-0.15, -0.1) is 0 Å². The van der Waals surface area contributed by atoms with Crippen LogP contribution >= 0.6 is 11.5 Å². The van der Waals surface area contributed by atoms with Crippen molar-refractivity contribution in [3.63, 3.8) is 0 Å². The molecule has 1 aromatic carbocycles. The molecule has 5 nitrogen and oxygen atoms in total. The van der Waals surface area contributed by atoms with Crippen molar-refractivity contribution in [3.8, 4) is 0 Å². The molecule has 2 N–H and O–H groups in total. The van der Waals surface area contributed by atoms with Crippen LogP contribution in [0.4, 0.5) is 5.69 Å². The maximum Gasteiger partial charge on any atom is 0.275 e. The van der Waals surface area contributed by atoms with Gasteiger partial charge in [-0.05, 0) is 54.7 Å². The molecule has 1 aliphatic rings. The Balaban J connectivity index is 1.58. The van der Waals surface area contributed by atoms with Crippen molar-refractivity contribution < 1.29 is 9.59 Å². The Hall–Kier alpha value is -2.21. The number of nitrogens with zero attached hydrogens (tertiary/aromatic N) is 1. The summed E-state index contributed by atoms with van der Waals surface area (Å²) in [6.07, 6.45) is 5.76. The van der Waals surface area contributed by atoms with Crippen LogP contribution in [0.2, 0.25) is 0 Å². The van der Waals surface area contributed by atoms with E-state index >= 15 is 0 Å². The van der Waals surface area contributed by atoms with Crippen LogP contribution in [0.5, 0.6) is 0 Å². The van der Waals surface area contributed by atoms with Crippen LogP contribution < -0.4 is 10.6 Å². The highest BCUT2D eigenvalue weighted by molar-refractivity contribution is 7.03. The lowest BCUT2D eigenvalue weighted by molar-refractivity contribution is 0.0927. The number of carbonyl (C=O) groups is 2. The van der Waals surface area contributed by atoms with Gasteiger partial charge in [-0.2, -0.15) is 4.37 Å². The monoisotopic (exact) mass is 329 g/mol. The molecule has 0 atom stereocenters. The molecule has 1 heterocycles. The Bertz CT molecular complexity index is 662. The molecule has 1 fully saturated rings. The summed E-state index contributed by atoms with van der Waals surface area (Å²) in [6.45, 7) is 0. The fraction of sp³-hybridized carbons (Fsp3) is 0.353. The molecule has 0 bridgehead atoms. The van der Waals surface area contributed by atoms with Gasteiger partial charge in [-0.3, -0.25) is 9.59 Å². The normalized spacial score (nSPS) is 15.1. The zero-order valence-corrected chi connectivity index (χ0v) is 13.6. The van der Waals surface area contributed by atoms with Crippen LogP contribution in [0.1, 0.15) is 53.0 Å². The third kappa shape index (κ3) is 4.16. The molecular formula is C17H19N3O2S. The number of carbonyl (C=O) groups excluding carboxylic acids is 2. The molecule has 2 amide bonds. The summed E-state index contributed by atoms with van der Waals surface area (Å²) in [7, 11) is 0. The molecule has 1 aliphatic carbocycles. The Morgan fingerprint density at radius 2 is 1.74 bits per heavy atom. The minimum Gasteiger partial charge on any atom is -0.349 e. The van der Waals surface area contributed by atoms with Gasteiger partial charge in [0, 0.05) is 22.7 Å². The highest BCUT2D eigenvalue weighted by Crippen LogP contribution is 2.18. The van der Waals surface area contributed by atoms with E-state index in [1.54, 1.807) is 35.7 Å². The molecular weight excluding hydrogens is 310 g/mol. The number of hydrogen-bond acceptors (Lipinski definition) is 4. The van der Waals surface area contributed by atoms with Crippen LogP contribution in [0.3, 0.4) is 0 Å². The average Bonchev–Trinajstić information content (AvgIpc) is 3.11. The maximum atomic E-state index is 12.2. The molecule has 1 saturated carbocycles. The lowest BCUT2D eigenvalue weighted by atomic mass is 9.95. The predicted molar refractivity (Wildman–Crippen MR) is 90.8 cm³/mol. The average molecular weight is 329 g/mol. The summed E-state index contributed by atoms with van der Waals surface area (Å²) < 4.78 is 3.99. The summed E-state index contributed by atoms with van der Waals surface area (Å²) in [5.41, 5.74) is 1.66. The third-order valence-corrected chi connectivity index (χ3v) is 4.58. The summed E-state index contributed by atoms with van der Waals surface area (Å²) in [5.74, 6) is -0.292. The lowest BCUT2D eigenvalue weighted by Crippen LogP contribution is -2.36. The lowest BCUT2D eigenvalue weighted by Gasteiger charge is -2.22. The van der Waals surface area contributed by atoms with Gasteiger partial charge >= 0.3 is 0 Å². The predicted octanol–water partition coefficient (Wildman–Crippen LogP) is 3.46. The number of rotatable bonds is 4. The number of aromatic nitrogens is 1. The van der Waals surface area contributed by atoms with E-state index in [-0.39, 0.29) is 11.8 Å². The van der Waals surface area contributed by atoms with E-state index in [4.69, 9.17) is 0 Å². The van der Waals surface area contributed by atoms with E-state index in [1.807, 2.05) is 0 Å². The molecule has 0 spiro atoms. The molecule has 1 aromatic heterocycles. The quantitative estimate of drug-likeness (QED) is 0.902. The Morgan fingerprint density at radius 1 is 1.00 bits per heavy atom. The van der Waals surface area contributed by atoms with Gasteiger partial charge in [0.2, 0.25) is 0 Å². The highest BCUT2D eigenvalue weighted by atomic mass is 32.1. The molecule has 2 aromatic rings. The fourth-order valence-corrected chi connectivity index (χ4v) is 3.25. The van der Waals surface area contributed by atoms with Crippen LogP contribution in [0.25, 0.3) is 0 Å². The molecule has 0 unspecified atom stereocenters. The molecule has 23 heavy (non-hydrogen) atoms. The number of benzene rings is 1. The molecule has 6 heteroatoms. The summed E-state index contributed by atoms with van der Waals surface area (Å²) >= 11 is 1.24. The Morgan fingerprint density at radius 3 is 2.39 bits per heavy atom. The second kappa shape index (κ2) is 7.37. The van der Waals surface area contributed by atoms with Crippen LogP contribution in [-0.4, -0.2) is 22.2 Å². The first-order chi connectivity index (χ1) is 11.2. The highest BCUT2D eigenvalue weighted by Gasteiger charge is 2.16. The number of nitrogens with one attached hydrogen (secondary N) is 2. The minimum atomic E-state index is -0.245. The van der Waals surface area contributed by atoms with Crippen molar-refractivity contribution in [1.82, 2.24) is 9.69 Å². The van der Waals surface area contributed by atoms with Gasteiger partial charge < -0.3 is 10.6 Å². The zero-order chi connectivity index (χ0) is 16.1. The second-order valence-electron chi connectivity index (χ2n) is 5.72. The largest absolute Gasteiger partial charge is 0.349 e. The first-order valence-electron chi connectivity index (χ1n) is 7.85. The smallest absolute Gasteiger partial charge is 0.275 e. The standard InChI is InChI=1S/C17H19N3O2S/c21-16(18-13-4-2-1-3-5-13)12-6-8-14(9-7-12)19-17(22)15-10-11-23-20-15/h6-11,13H,1-5H2,(H,18,21)(H,19,22). The number of anilines is 1. The number of amides is 2. The van der Waals surface area contributed by atoms with Crippen molar-refractivity contribution in [2.45, 2.75) is 38.1 Å². The Labute approximate surface area is 139 Å². The van der Waals surface area contributed by atoms with Crippen LogP contribution in [0.15, 0.2) is 35.7 Å². The van der Waals surface area contributed by atoms with Crippen LogP contribution in [-0.2, 0) is 0 Å². The van der Waals surface area contributed by atoms with Gasteiger partial charge in [0.25, 0.3) is 11.8 Å². The van der Waals surface area contributed by atoms with Gasteiger partial charge in [0.15, 0.2) is 0 Å². The van der Waals surface area contributed by atoms with E-state index in [1.165, 1.54) is 30.8 Å². The van der Waals surface area contributed by atoms with E-state index in [0.717, 1.165) is 12.8 Å². The second-order valence-corrected chi connectivity index (χ2v) is 6.39. The van der Waals surface area contributed by atoms with Crippen molar-refractivity contribution in [2.75, 3.05) is 5.32 Å². The molecule has 3 rings (SSSR count). The minimum absolute atomic E-state index is 0.0470. The van der Waals surface area contributed by atoms with Crippen LogP contribution in [0, 0.1) is 0 Å². The molecule has 120 valence electrons. The van der Waals surface area contributed by atoms with Crippen molar-refractivity contribution in [3.05, 3.63) is 47.0 Å². The molecule has 0 saturated heterocycles. The van der Waals surface area contributed by atoms with E-state index in [0.29, 0.717) is 23.0 Å². The van der Waals surface area contributed by atoms with Gasteiger partial charge in [0.1, 0.15) is 5.69 Å². The topological polar surface area (TPSA) is 71.1 Å². The van der Waals surface area contributed by atoms with Crippen molar-refractivity contribution in [2.24, 2.45) is 0 Å². The first kappa shape index (κ1) is 15.7. The molecule has 0 aliphatic heterocycles. The van der Waals surface area contributed by atoms with Gasteiger partial charge in [-0.1, -0.05) is 19.3 Å². The van der Waals surface area contributed by atoms with Crippen molar-refractivity contribution >= 4 is 29.0 Å². The molecule has 0 radical (unpaired) electrons. The third-order valence-electron chi connectivity index (χ3n) is 4.02. The van der Waals surface area contributed by atoms with Gasteiger partial charge in [-0.25, -0.2) is 0 Å². The van der Waals surface area contributed by atoms with Crippen molar-refractivity contribution in [1.29, 1.82) is 0 Å². The SMILES string of the molecule is O=C(NC1CCCCC1)c1ccc(NC(=O)c2ccsn2)cc1.